The first-order valence-corrected chi connectivity index (χ1v) is 7.28. The molecule has 2 nitrogen and oxygen atoms in total. The fourth-order valence-electron chi connectivity index (χ4n) is 2.02. The van der Waals surface area contributed by atoms with Gasteiger partial charge in [0.1, 0.15) is 5.82 Å². The lowest BCUT2D eigenvalue weighted by molar-refractivity contribution is -0.137. The number of benzene rings is 1. The molecule has 0 unspecified atom stereocenters. The number of halogens is 3. The Morgan fingerprint density at radius 2 is 1.81 bits per heavy atom. The first-order valence-electron chi connectivity index (χ1n) is 6.46. The first kappa shape index (κ1) is 15.9. The van der Waals surface area contributed by atoms with Gasteiger partial charge in [0.2, 0.25) is 0 Å². The van der Waals surface area contributed by atoms with Gasteiger partial charge >= 0.3 is 6.18 Å². The summed E-state index contributed by atoms with van der Waals surface area (Å²) in [4.78, 5) is 4.69. The minimum Gasteiger partial charge on any atom is -0.334 e. The lowest BCUT2D eigenvalue weighted by Crippen LogP contribution is -2.12. The molecule has 0 saturated carbocycles. The molecule has 0 amide bonds. The van der Waals surface area contributed by atoms with Crippen LogP contribution in [0.3, 0.4) is 0 Å². The number of alkyl halides is 3. The van der Waals surface area contributed by atoms with Crippen LogP contribution in [0.1, 0.15) is 26.3 Å². The average Bonchev–Trinajstić information content (AvgIpc) is 2.71. The highest BCUT2D eigenvalue weighted by molar-refractivity contribution is 8.00. The van der Waals surface area contributed by atoms with Crippen LogP contribution < -0.4 is 0 Å². The van der Waals surface area contributed by atoms with E-state index < -0.39 is 11.7 Å². The number of nitrogens with zero attached hydrogens (tertiary/aromatic N) is 2. The number of aromatic nitrogens is 2. The molecule has 1 aromatic heterocycles. The highest BCUT2D eigenvalue weighted by atomic mass is 32.2. The number of aryl methyl sites for hydroxylation is 1. The third-order valence-electron chi connectivity index (χ3n) is 2.79. The second kappa shape index (κ2) is 5.40. The van der Waals surface area contributed by atoms with Crippen molar-refractivity contribution >= 4 is 11.8 Å². The van der Waals surface area contributed by atoms with Crippen molar-refractivity contribution < 1.29 is 13.2 Å². The number of hydrogen-bond acceptors (Lipinski definition) is 2. The Balaban J connectivity index is 2.70. The molecular formula is C15H17F3N2S. The van der Waals surface area contributed by atoms with Crippen molar-refractivity contribution in [2.75, 3.05) is 0 Å². The summed E-state index contributed by atoms with van der Waals surface area (Å²) in [5.41, 5.74) is -0.497. The van der Waals surface area contributed by atoms with Gasteiger partial charge in [-0.05, 0) is 12.1 Å². The smallest absolute Gasteiger partial charge is 0.334 e. The van der Waals surface area contributed by atoms with E-state index in [1.807, 2.05) is 20.8 Å². The maximum Gasteiger partial charge on any atom is 0.417 e. The van der Waals surface area contributed by atoms with Crippen LogP contribution in [0.4, 0.5) is 13.2 Å². The van der Waals surface area contributed by atoms with E-state index in [0.29, 0.717) is 10.7 Å². The van der Waals surface area contributed by atoms with Gasteiger partial charge in [-0.3, -0.25) is 0 Å². The van der Waals surface area contributed by atoms with Crippen LogP contribution in [0.5, 0.6) is 0 Å². The maximum absolute atomic E-state index is 13.3. The SMILES string of the molecule is Cn1ccnc1-c1c(SC(C)(C)C)cccc1C(F)(F)F. The lowest BCUT2D eigenvalue weighted by atomic mass is 10.1. The summed E-state index contributed by atoms with van der Waals surface area (Å²) in [6, 6.07) is 4.27. The summed E-state index contributed by atoms with van der Waals surface area (Å²) in [5.74, 6) is 0.328. The van der Waals surface area contributed by atoms with Crippen molar-refractivity contribution in [3.05, 3.63) is 36.2 Å². The van der Waals surface area contributed by atoms with Gasteiger partial charge in [0.05, 0.1) is 5.56 Å². The molecule has 0 radical (unpaired) electrons. The van der Waals surface area contributed by atoms with E-state index in [1.165, 1.54) is 24.0 Å². The number of thioether (sulfide) groups is 1. The summed E-state index contributed by atoms with van der Waals surface area (Å²) in [6.07, 6.45) is -1.25. The van der Waals surface area contributed by atoms with Gasteiger partial charge in [-0.2, -0.15) is 13.2 Å². The second-order valence-corrected chi connectivity index (χ2v) is 7.62. The van der Waals surface area contributed by atoms with E-state index in [0.717, 1.165) is 6.07 Å². The predicted octanol–water partition coefficient (Wildman–Crippen LogP) is 5.00. The van der Waals surface area contributed by atoms with Crippen molar-refractivity contribution in [2.45, 2.75) is 36.6 Å². The zero-order chi connectivity index (χ0) is 15.8. The minimum atomic E-state index is -4.41. The number of imidazole rings is 1. The molecule has 0 saturated heterocycles. The van der Waals surface area contributed by atoms with Crippen LogP contribution in [-0.4, -0.2) is 14.3 Å². The normalized spacial score (nSPS) is 12.7. The Labute approximate surface area is 126 Å². The largest absolute Gasteiger partial charge is 0.417 e. The zero-order valence-corrected chi connectivity index (χ0v) is 13.1. The molecule has 0 aliphatic heterocycles. The fraction of sp³-hybridized carbons (Fsp3) is 0.400. The van der Waals surface area contributed by atoms with E-state index in [1.54, 1.807) is 23.9 Å². The van der Waals surface area contributed by atoms with Gasteiger partial charge in [0.15, 0.2) is 0 Å². The molecule has 0 aliphatic carbocycles. The quantitative estimate of drug-likeness (QED) is 0.726. The molecular weight excluding hydrogens is 297 g/mol. The monoisotopic (exact) mass is 314 g/mol. The Morgan fingerprint density at radius 1 is 1.14 bits per heavy atom. The van der Waals surface area contributed by atoms with Crippen LogP contribution >= 0.6 is 11.8 Å². The van der Waals surface area contributed by atoms with E-state index in [4.69, 9.17) is 0 Å². The topological polar surface area (TPSA) is 17.8 Å². The molecule has 6 heteroatoms. The summed E-state index contributed by atoms with van der Waals surface area (Å²) in [5, 5.41) is 0. The Morgan fingerprint density at radius 3 is 2.29 bits per heavy atom. The number of hydrogen-bond donors (Lipinski definition) is 0. The summed E-state index contributed by atoms with van der Waals surface area (Å²) in [7, 11) is 1.70. The molecule has 1 heterocycles. The van der Waals surface area contributed by atoms with Gasteiger partial charge in [0.25, 0.3) is 0 Å². The van der Waals surface area contributed by atoms with Crippen molar-refractivity contribution in [3.8, 4) is 11.4 Å². The van der Waals surface area contributed by atoms with Crippen molar-refractivity contribution in [1.29, 1.82) is 0 Å². The van der Waals surface area contributed by atoms with E-state index in [-0.39, 0.29) is 10.3 Å². The Kier molecular flexibility index (Phi) is 4.10. The number of rotatable bonds is 2. The van der Waals surface area contributed by atoms with Crippen LogP contribution in [-0.2, 0) is 13.2 Å². The van der Waals surface area contributed by atoms with Gasteiger partial charge in [-0.1, -0.05) is 26.8 Å². The maximum atomic E-state index is 13.3. The zero-order valence-electron chi connectivity index (χ0n) is 12.3. The van der Waals surface area contributed by atoms with Gasteiger partial charge in [-0.25, -0.2) is 4.98 Å². The van der Waals surface area contributed by atoms with Crippen molar-refractivity contribution in [3.63, 3.8) is 0 Å². The lowest BCUT2D eigenvalue weighted by Gasteiger charge is -2.22. The molecule has 1 aromatic carbocycles. The molecule has 0 aliphatic rings. The van der Waals surface area contributed by atoms with Crippen LogP contribution in [0.2, 0.25) is 0 Å². The van der Waals surface area contributed by atoms with Gasteiger partial charge in [-0.15, -0.1) is 11.8 Å². The molecule has 2 rings (SSSR count). The average molecular weight is 314 g/mol. The summed E-state index contributed by atoms with van der Waals surface area (Å²) >= 11 is 1.41. The Hall–Kier alpha value is -1.43. The molecule has 0 bridgehead atoms. The highest BCUT2D eigenvalue weighted by Gasteiger charge is 2.36. The molecule has 0 N–H and O–H groups in total. The molecule has 0 fully saturated rings. The van der Waals surface area contributed by atoms with Crippen LogP contribution in [0.15, 0.2) is 35.5 Å². The van der Waals surface area contributed by atoms with Crippen molar-refractivity contribution in [2.24, 2.45) is 7.05 Å². The molecule has 2 aromatic rings. The molecule has 0 atom stereocenters. The van der Waals surface area contributed by atoms with E-state index >= 15 is 0 Å². The van der Waals surface area contributed by atoms with Gasteiger partial charge < -0.3 is 4.57 Å². The fourth-order valence-corrected chi connectivity index (χ4v) is 3.13. The highest BCUT2D eigenvalue weighted by Crippen LogP contribution is 2.44. The van der Waals surface area contributed by atoms with E-state index in [2.05, 4.69) is 4.98 Å². The first-order chi connectivity index (χ1) is 9.59. The third kappa shape index (κ3) is 3.61. The van der Waals surface area contributed by atoms with Crippen LogP contribution in [0.25, 0.3) is 11.4 Å². The molecule has 0 spiro atoms. The standard InChI is InChI=1S/C15H17F3N2S/c1-14(2,3)21-11-7-5-6-10(15(16,17)18)12(11)13-19-8-9-20(13)4/h5-9H,1-4H3. The summed E-state index contributed by atoms with van der Waals surface area (Å²) in [6.45, 7) is 5.92. The Bertz CT molecular complexity index is 639. The third-order valence-corrected chi connectivity index (χ3v) is 3.97. The van der Waals surface area contributed by atoms with Gasteiger partial charge in [0, 0.05) is 34.6 Å². The molecule has 114 valence electrons. The van der Waals surface area contributed by atoms with E-state index in [9.17, 15) is 13.2 Å². The second-order valence-electron chi connectivity index (χ2n) is 5.75. The molecule has 21 heavy (non-hydrogen) atoms. The van der Waals surface area contributed by atoms with Crippen molar-refractivity contribution in [1.82, 2.24) is 9.55 Å². The predicted molar refractivity (Wildman–Crippen MR) is 79.3 cm³/mol. The minimum absolute atomic E-state index is 0.150. The summed E-state index contributed by atoms with van der Waals surface area (Å²) < 4.78 is 41.4. The van der Waals surface area contributed by atoms with Crippen LogP contribution in [0, 0.1) is 0 Å².